The van der Waals surface area contributed by atoms with Crippen LogP contribution in [0, 0.1) is 0 Å². The first kappa shape index (κ1) is 8.78. The van der Waals surface area contributed by atoms with Gasteiger partial charge in [-0.2, -0.15) is 0 Å². The Balaban J connectivity index is 2.74. The molecule has 1 aromatic heterocycles. The maximum absolute atomic E-state index is 5.89. The van der Waals surface area contributed by atoms with Crippen LogP contribution in [0.5, 0.6) is 5.88 Å². The van der Waals surface area contributed by atoms with Crippen molar-refractivity contribution in [1.82, 2.24) is 4.98 Å². The average molecular weight is 259 g/mol. The lowest BCUT2D eigenvalue weighted by Gasteiger charge is -2.01. The first-order valence-electron chi connectivity index (χ1n) is 3.65. The summed E-state index contributed by atoms with van der Waals surface area (Å²) in [6, 6.07) is 9.53. The number of rotatable bonds is 1. The Kier molecular flexibility index (Phi) is 2.38. The smallest absolute Gasteiger partial charge is 0.246 e. The lowest BCUT2D eigenvalue weighted by atomic mass is 10.2. The Labute approximate surface area is 88.9 Å². The van der Waals surface area contributed by atoms with Crippen LogP contribution in [0.2, 0.25) is 5.02 Å². The molecule has 2 aromatic rings. The third-order valence-corrected chi connectivity index (χ3v) is 2.30. The molecule has 0 spiro atoms. The second-order valence-corrected chi connectivity index (χ2v) is 3.28. The van der Waals surface area contributed by atoms with Gasteiger partial charge in [0.15, 0.2) is 16.3 Å². The zero-order valence-corrected chi connectivity index (χ0v) is 8.84. The summed E-state index contributed by atoms with van der Waals surface area (Å²) in [5.74, 6) is 0.389. The normalized spacial score (nSPS) is 10.3. The van der Waals surface area contributed by atoms with Gasteiger partial charge in [0, 0.05) is 5.39 Å². The van der Waals surface area contributed by atoms with Crippen molar-refractivity contribution in [3.05, 3.63) is 35.4 Å². The molecule has 0 fully saturated rings. The molecule has 4 heteroatoms. The number of pyridine rings is 1. The molecule has 0 saturated carbocycles. The Morgan fingerprint density at radius 2 is 2.08 bits per heavy atom. The highest BCUT2D eigenvalue weighted by atomic mass is 79.9. The topological polar surface area (TPSA) is 22.1 Å². The molecular weight excluding hydrogens is 253 g/mol. The molecule has 1 heterocycles. The van der Waals surface area contributed by atoms with Crippen molar-refractivity contribution >= 4 is 38.8 Å². The summed E-state index contributed by atoms with van der Waals surface area (Å²) < 4.78 is 4.82. The number of benzene rings is 1. The zero-order chi connectivity index (χ0) is 9.26. The lowest BCUT2D eigenvalue weighted by Crippen LogP contribution is -1.84. The van der Waals surface area contributed by atoms with E-state index in [-0.39, 0.29) is 0 Å². The van der Waals surface area contributed by atoms with Crippen LogP contribution in [0.25, 0.3) is 10.9 Å². The molecule has 66 valence electrons. The molecule has 0 aliphatic carbocycles. The molecule has 2 rings (SSSR count). The summed E-state index contributed by atoms with van der Waals surface area (Å²) in [4.78, 5) is 4.19. The fraction of sp³-hybridized carbons (Fsp3) is 0. The van der Waals surface area contributed by atoms with Crippen molar-refractivity contribution < 1.29 is 3.83 Å². The molecule has 0 saturated heterocycles. The molecule has 0 bridgehead atoms. The predicted octanol–water partition coefficient (Wildman–Crippen LogP) is 3.58. The Bertz CT molecular complexity index is 447. The van der Waals surface area contributed by atoms with Crippen LogP contribution in [-0.4, -0.2) is 4.98 Å². The highest BCUT2D eigenvalue weighted by Crippen LogP contribution is 2.27. The maximum Gasteiger partial charge on any atom is 0.246 e. The van der Waals surface area contributed by atoms with Crippen molar-refractivity contribution in [3.8, 4) is 5.88 Å². The van der Waals surface area contributed by atoms with Gasteiger partial charge in [0.25, 0.3) is 0 Å². The molecule has 0 radical (unpaired) electrons. The third kappa shape index (κ3) is 1.62. The van der Waals surface area contributed by atoms with Gasteiger partial charge >= 0.3 is 0 Å². The van der Waals surface area contributed by atoms with Gasteiger partial charge in [0.2, 0.25) is 5.88 Å². The first-order valence-corrected chi connectivity index (χ1v) is 4.67. The van der Waals surface area contributed by atoms with Gasteiger partial charge in [0.1, 0.15) is 5.02 Å². The Morgan fingerprint density at radius 1 is 1.31 bits per heavy atom. The number of halogens is 2. The van der Waals surface area contributed by atoms with E-state index in [4.69, 9.17) is 15.4 Å². The zero-order valence-electron chi connectivity index (χ0n) is 6.50. The summed E-state index contributed by atoms with van der Waals surface area (Å²) in [5, 5.41) is 1.50. The number of fused-ring (bicyclic) bond motifs is 1. The number of hydrogen-bond donors (Lipinski definition) is 0. The molecule has 13 heavy (non-hydrogen) atoms. The standard InChI is InChI=1S/C9H5BrClNO/c10-13-9-7(11)5-6-3-1-2-4-8(6)12-9/h1-5H. The second kappa shape index (κ2) is 3.52. The van der Waals surface area contributed by atoms with E-state index >= 15 is 0 Å². The van der Waals surface area contributed by atoms with Crippen LogP contribution in [0.4, 0.5) is 0 Å². The molecule has 0 atom stereocenters. The highest BCUT2D eigenvalue weighted by molar-refractivity contribution is 9.06. The molecule has 0 amide bonds. The van der Waals surface area contributed by atoms with E-state index in [9.17, 15) is 0 Å². The van der Waals surface area contributed by atoms with Gasteiger partial charge in [-0.1, -0.05) is 29.8 Å². The van der Waals surface area contributed by atoms with Gasteiger partial charge in [-0.3, -0.25) is 0 Å². The van der Waals surface area contributed by atoms with Gasteiger partial charge in [-0.15, -0.1) is 0 Å². The van der Waals surface area contributed by atoms with E-state index in [2.05, 4.69) is 21.2 Å². The van der Waals surface area contributed by atoms with Crippen molar-refractivity contribution in [1.29, 1.82) is 0 Å². The van der Waals surface area contributed by atoms with E-state index in [0.717, 1.165) is 10.9 Å². The van der Waals surface area contributed by atoms with E-state index in [1.165, 1.54) is 0 Å². The summed E-state index contributed by atoms with van der Waals surface area (Å²) in [6.07, 6.45) is 0. The minimum Gasteiger partial charge on any atom is -0.396 e. The number of para-hydroxylation sites is 1. The van der Waals surface area contributed by atoms with Crippen LogP contribution in [0.3, 0.4) is 0 Å². The highest BCUT2D eigenvalue weighted by Gasteiger charge is 2.04. The molecule has 2 nitrogen and oxygen atoms in total. The number of hydrogen-bond acceptors (Lipinski definition) is 2. The van der Waals surface area contributed by atoms with E-state index in [1.807, 2.05) is 30.3 Å². The SMILES string of the molecule is Clc1cc2ccccc2nc1OBr. The van der Waals surface area contributed by atoms with Crippen LogP contribution in [0.15, 0.2) is 30.3 Å². The fourth-order valence-electron chi connectivity index (χ4n) is 1.13. The van der Waals surface area contributed by atoms with Crippen molar-refractivity contribution in [2.24, 2.45) is 0 Å². The van der Waals surface area contributed by atoms with Crippen LogP contribution in [-0.2, 0) is 0 Å². The number of nitrogens with zero attached hydrogens (tertiary/aromatic N) is 1. The van der Waals surface area contributed by atoms with Gasteiger partial charge in [-0.05, 0) is 12.1 Å². The first-order chi connectivity index (χ1) is 6.31. The monoisotopic (exact) mass is 257 g/mol. The molecule has 0 N–H and O–H groups in total. The van der Waals surface area contributed by atoms with E-state index < -0.39 is 0 Å². The van der Waals surface area contributed by atoms with E-state index in [0.29, 0.717) is 10.9 Å². The Hall–Kier alpha value is -0.800. The van der Waals surface area contributed by atoms with Gasteiger partial charge in [0.05, 0.1) is 5.52 Å². The third-order valence-electron chi connectivity index (χ3n) is 1.72. The predicted molar refractivity (Wildman–Crippen MR) is 56.3 cm³/mol. The number of aromatic nitrogens is 1. The summed E-state index contributed by atoms with van der Waals surface area (Å²) in [6.45, 7) is 0. The Morgan fingerprint density at radius 3 is 2.85 bits per heavy atom. The summed E-state index contributed by atoms with van der Waals surface area (Å²) >= 11 is 8.73. The fourth-order valence-corrected chi connectivity index (χ4v) is 1.66. The molecule has 0 aliphatic heterocycles. The average Bonchev–Trinajstić information content (AvgIpc) is 2.17. The lowest BCUT2D eigenvalue weighted by molar-refractivity contribution is 0.650. The largest absolute Gasteiger partial charge is 0.396 e. The minimum absolute atomic E-state index is 0.389. The van der Waals surface area contributed by atoms with Crippen molar-refractivity contribution in [2.75, 3.05) is 0 Å². The van der Waals surface area contributed by atoms with Crippen LogP contribution < -0.4 is 3.83 Å². The molecule has 0 unspecified atom stereocenters. The van der Waals surface area contributed by atoms with Crippen molar-refractivity contribution in [2.45, 2.75) is 0 Å². The quantitative estimate of drug-likeness (QED) is 0.780. The summed E-state index contributed by atoms with van der Waals surface area (Å²) in [5.41, 5.74) is 0.862. The van der Waals surface area contributed by atoms with Crippen LogP contribution in [0.1, 0.15) is 0 Å². The maximum atomic E-state index is 5.89. The van der Waals surface area contributed by atoms with Crippen molar-refractivity contribution in [3.63, 3.8) is 0 Å². The van der Waals surface area contributed by atoms with Gasteiger partial charge in [-0.25, -0.2) is 4.98 Å². The summed E-state index contributed by atoms with van der Waals surface area (Å²) in [7, 11) is 0. The molecule has 1 aromatic carbocycles. The molecular formula is C9H5BrClNO. The van der Waals surface area contributed by atoms with E-state index in [1.54, 1.807) is 0 Å². The minimum atomic E-state index is 0.389. The van der Waals surface area contributed by atoms with Crippen LogP contribution >= 0.6 is 27.9 Å². The van der Waals surface area contributed by atoms with Gasteiger partial charge < -0.3 is 3.83 Å². The molecule has 0 aliphatic rings. The second-order valence-electron chi connectivity index (χ2n) is 2.55.